The molecule has 2 aromatic rings. The minimum atomic E-state index is -2.25. The normalized spacial score (nSPS) is 14.3. The van der Waals surface area contributed by atoms with E-state index in [1.165, 1.54) is 6.92 Å². The van der Waals surface area contributed by atoms with Crippen molar-refractivity contribution in [2.75, 3.05) is 20.8 Å². The van der Waals surface area contributed by atoms with Gasteiger partial charge in [0.2, 0.25) is 0 Å². The van der Waals surface area contributed by atoms with E-state index in [9.17, 15) is 9.59 Å². The Morgan fingerprint density at radius 1 is 1.12 bits per heavy atom. The Labute approximate surface area is 194 Å². The van der Waals surface area contributed by atoms with Gasteiger partial charge in [0.05, 0.1) is 0 Å². The van der Waals surface area contributed by atoms with E-state index in [1.54, 1.807) is 50.8 Å². The van der Waals surface area contributed by atoms with Gasteiger partial charge in [-0.3, -0.25) is 0 Å². The van der Waals surface area contributed by atoms with Gasteiger partial charge in [0, 0.05) is 0 Å². The van der Waals surface area contributed by atoms with Crippen molar-refractivity contribution in [1.82, 2.24) is 5.32 Å². The van der Waals surface area contributed by atoms with Crippen molar-refractivity contribution in [3.63, 3.8) is 0 Å². The van der Waals surface area contributed by atoms with E-state index in [0.717, 1.165) is 7.27 Å². The number of benzene rings is 2. The van der Waals surface area contributed by atoms with Crippen molar-refractivity contribution in [1.29, 1.82) is 0 Å². The minimum absolute atomic E-state index is 0.0277. The van der Waals surface area contributed by atoms with Crippen LogP contribution < -0.4 is 14.8 Å². The molecule has 32 heavy (non-hydrogen) atoms. The van der Waals surface area contributed by atoms with Crippen LogP contribution in [-0.2, 0) is 9.53 Å². The first-order valence-electron chi connectivity index (χ1n) is 9.61. The summed E-state index contributed by atoms with van der Waals surface area (Å²) in [6, 6.07) is 12.4. The van der Waals surface area contributed by atoms with Crippen LogP contribution in [0, 0.1) is 15.9 Å². The van der Waals surface area contributed by atoms with Gasteiger partial charge in [-0.25, -0.2) is 0 Å². The maximum absolute atomic E-state index is 13.1. The van der Waals surface area contributed by atoms with Crippen LogP contribution in [-0.4, -0.2) is 38.7 Å². The summed E-state index contributed by atoms with van der Waals surface area (Å²) >= 11 is -2.25. The molecule has 0 saturated carbocycles. The van der Waals surface area contributed by atoms with E-state index < -0.39 is 26.2 Å². The molecule has 2 aromatic carbocycles. The van der Waals surface area contributed by atoms with E-state index in [1.807, 2.05) is 18.2 Å². The molecule has 166 valence electrons. The van der Waals surface area contributed by atoms with E-state index in [4.69, 9.17) is 20.6 Å². The second-order valence-corrected chi connectivity index (χ2v) is 11.1. The Kier molecular flexibility index (Phi) is 8.03. The monoisotopic (exact) mass is 546 g/mol. The molecule has 1 aliphatic rings. The molecule has 1 unspecified atom stereocenters. The summed E-state index contributed by atoms with van der Waals surface area (Å²) in [4.78, 5) is 24.7. The van der Waals surface area contributed by atoms with Crippen LogP contribution in [0.25, 0.3) is 0 Å². The number of rotatable bonds is 9. The first-order valence-corrected chi connectivity index (χ1v) is 12.7. The number of carbonyl (C=O) groups excluding carboxylic acids is 2. The molecule has 7 nitrogen and oxygen atoms in total. The van der Waals surface area contributed by atoms with Gasteiger partial charge in [-0.05, 0) is 0 Å². The number of terminal acetylenes is 1. The van der Waals surface area contributed by atoms with Crippen LogP contribution in [0.4, 0.5) is 0 Å². The maximum atomic E-state index is 13.1. The molecular formula is C24H23IN2O5. The number of carbonyl (C=O) groups is 2. The summed E-state index contributed by atoms with van der Waals surface area (Å²) in [7, 11) is 3.15. The van der Waals surface area contributed by atoms with Gasteiger partial charge in [0.1, 0.15) is 0 Å². The summed E-state index contributed by atoms with van der Waals surface area (Å²) in [5.41, 5.74) is 1.16. The van der Waals surface area contributed by atoms with Crippen molar-refractivity contribution < 1.29 is 23.8 Å². The zero-order valence-corrected chi connectivity index (χ0v) is 20.1. The van der Waals surface area contributed by atoms with Crippen molar-refractivity contribution in [2.24, 2.45) is 3.21 Å². The molecule has 1 N–H and O–H groups in total. The summed E-state index contributed by atoms with van der Waals surface area (Å²) in [5, 5.41) is 2.97. The molecule has 0 spiro atoms. The molecule has 1 heterocycles. The van der Waals surface area contributed by atoms with Crippen LogP contribution in [0.5, 0.6) is 11.5 Å². The first-order chi connectivity index (χ1) is 15.5. The molecule has 1 atom stereocenters. The summed E-state index contributed by atoms with van der Waals surface area (Å²) in [6.07, 6.45) is 7.92. The fraction of sp³-hybridized carbons (Fsp3) is 0.208. The Balaban J connectivity index is 1.81. The number of Topliss-reactive ketones (excluding diaryl/α,β-unsaturated/α-hetero) is 1. The van der Waals surface area contributed by atoms with Gasteiger partial charge in [0.25, 0.3) is 0 Å². The Morgan fingerprint density at radius 2 is 1.84 bits per heavy atom. The van der Waals surface area contributed by atoms with E-state index in [2.05, 4.69) is 14.4 Å². The van der Waals surface area contributed by atoms with Gasteiger partial charge in [0.15, 0.2) is 0 Å². The standard InChI is InChI=1S/C24H23IN2O5/c1-5-14-32-23(18-8-6-17(7-9-18)16(2)28)24(29)27-22-12-13-26-25(22)19-10-11-20(30-3)21(15-19)31-4/h1,6-13,15,23H,14H2,2-4H3,(H,27,29). The zero-order chi connectivity index (χ0) is 23.1. The number of methoxy groups -OCH3 is 2. The van der Waals surface area contributed by atoms with Gasteiger partial charge < -0.3 is 0 Å². The van der Waals surface area contributed by atoms with Gasteiger partial charge >= 0.3 is 195 Å². The molecule has 0 fully saturated rings. The Hall–Kier alpha value is -3.16. The average molecular weight is 546 g/mol. The third kappa shape index (κ3) is 5.36. The van der Waals surface area contributed by atoms with E-state index in [0.29, 0.717) is 22.6 Å². The third-order valence-corrected chi connectivity index (χ3v) is 9.01. The molecular weight excluding hydrogens is 523 g/mol. The number of allylic oxidation sites excluding steroid dienone is 1. The Morgan fingerprint density at radius 3 is 2.47 bits per heavy atom. The van der Waals surface area contributed by atoms with Crippen molar-refractivity contribution >= 4 is 38.0 Å². The molecule has 8 heteroatoms. The number of nitrogens with zero attached hydrogens (tertiary/aromatic N) is 1. The molecule has 0 radical (unpaired) electrons. The SMILES string of the molecule is C#CCOC(C(=O)NC1=CC=NI1c1ccc(OC)c(OC)c1)c1ccc(C(C)=O)cc1. The second kappa shape index (κ2) is 10.9. The number of nitrogens with one attached hydrogen (secondary N) is 1. The number of hydrogen-bond donors (Lipinski definition) is 1. The van der Waals surface area contributed by atoms with E-state index >= 15 is 0 Å². The predicted octanol–water partition coefficient (Wildman–Crippen LogP) is 3.93. The van der Waals surface area contributed by atoms with Crippen LogP contribution in [0.15, 0.2) is 55.5 Å². The van der Waals surface area contributed by atoms with E-state index in [-0.39, 0.29) is 18.3 Å². The topological polar surface area (TPSA) is 86.2 Å². The number of hydrogen-bond acceptors (Lipinski definition) is 6. The van der Waals surface area contributed by atoms with Crippen LogP contribution in [0.3, 0.4) is 0 Å². The van der Waals surface area contributed by atoms with Crippen LogP contribution in [0.1, 0.15) is 28.9 Å². The molecule has 0 aromatic heterocycles. The molecule has 3 rings (SSSR count). The summed E-state index contributed by atoms with van der Waals surface area (Å²) in [5.74, 6) is 3.22. The number of amides is 1. The number of halogens is 1. The van der Waals surface area contributed by atoms with Crippen molar-refractivity contribution in [3.05, 3.63) is 66.9 Å². The molecule has 1 amide bonds. The zero-order valence-electron chi connectivity index (χ0n) is 17.9. The van der Waals surface area contributed by atoms with Crippen LogP contribution >= 0.6 is 20.1 Å². The van der Waals surface area contributed by atoms with Gasteiger partial charge in [-0.1, -0.05) is 0 Å². The van der Waals surface area contributed by atoms with Crippen LogP contribution in [0.2, 0.25) is 0 Å². The van der Waals surface area contributed by atoms with Gasteiger partial charge in [-0.2, -0.15) is 0 Å². The molecule has 0 saturated heterocycles. The molecule has 0 aliphatic carbocycles. The second-order valence-electron chi connectivity index (χ2n) is 6.59. The first kappa shape index (κ1) is 23.5. The fourth-order valence-corrected chi connectivity index (χ4v) is 6.87. The average Bonchev–Trinajstić information content (AvgIpc) is 3.27. The number of ketones is 1. The molecule has 1 aliphatic heterocycles. The summed E-state index contributed by atoms with van der Waals surface area (Å²) in [6.45, 7) is 1.46. The van der Waals surface area contributed by atoms with Crippen molar-refractivity contribution in [2.45, 2.75) is 13.0 Å². The summed E-state index contributed by atoms with van der Waals surface area (Å²) < 4.78 is 22.7. The van der Waals surface area contributed by atoms with Crippen molar-refractivity contribution in [3.8, 4) is 23.8 Å². The number of ether oxygens (including phenoxy) is 3. The third-order valence-electron chi connectivity index (χ3n) is 4.55. The fourth-order valence-electron chi connectivity index (χ4n) is 2.97. The Bertz CT molecular complexity index is 1100. The molecule has 0 bridgehead atoms. The predicted molar refractivity (Wildman–Crippen MR) is 131 cm³/mol. The van der Waals surface area contributed by atoms with Gasteiger partial charge in [-0.15, -0.1) is 0 Å². The quantitative estimate of drug-likeness (QED) is 0.223.